The third-order valence-corrected chi connectivity index (χ3v) is 5.79. The van der Waals surface area contributed by atoms with Crippen molar-refractivity contribution in [3.63, 3.8) is 0 Å². The average molecular weight is 453 g/mol. The van der Waals surface area contributed by atoms with Gasteiger partial charge < -0.3 is 24.0 Å². The topological polar surface area (TPSA) is 85.4 Å². The van der Waals surface area contributed by atoms with E-state index in [0.717, 1.165) is 24.2 Å². The first-order chi connectivity index (χ1) is 16.0. The van der Waals surface area contributed by atoms with Gasteiger partial charge in [0.15, 0.2) is 12.7 Å². The Morgan fingerprint density at radius 2 is 1.85 bits per heavy atom. The van der Waals surface area contributed by atoms with E-state index < -0.39 is 12.1 Å². The van der Waals surface area contributed by atoms with Crippen LogP contribution in [0.4, 0.5) is 5.69 Å². The molecule has 1 saturated carbocycles. The van der Waals surface area contributed by atoms with Crippen LogP contribution in [0.25, 0.3) is 0 Å². The fourth-order valence-corrected chi connectivity index (χ4v) is 3.82. The van der Waals surface area contributed by atoms with Gasteiger partial charge in [0, 0.05) is 19.1 Å². The summed E-state index contributed by atoms with van der Waals surface area (Å²) in [6.45, 7) is 1.99. The first kappa shape index (κ1) is 22.6. The van der Waals surface area contributed by atoms with Crippen LogP contribution in [0.5, 0.6) is 11.5 Å². The van der Waals surface area contributed by atoms with Crippen molar-refractivity contribution in [3.05, 3.63) is 54.1 Å². The van der Waals surface area contributed by atoms with Crippen LogP contribution in [-0.2, 0) is 25.7 Å². The van der Waals surface area contributed by atoms with Gasteiger partial charge in [0.25, 0.3) is 11.8 Å². The molecular weight excluding hydrogens is 424 g/mol. The molecule has 1 atom stereocenters. The fourth-order valence-electron chi connectivity index (χ4n) is 3.82. The van der Waals surface area contributed by atoms with Crippen LogP contribution >= 0.6 is 0 Å². The van der Waals surface area contributed by atoms with Crippen molar-refractivity contribution >= 4 is 23.5 Å². The Kier molecular flexibility index (Phi) is 6.82. The summed E-state index contributed by atoms with van der Waals surface area (Å²) in [6, 6.07) is 15.0. The molecule has 0 aromatic heterocycles. The summed E-state index contributed by atoms with van der Waals surface area (Å²) in [5.41, 5.74) is 1.62. The molecule has 2 amide bonds. The van der Waals surface area contributed by atoms with Crippen LogP contribution in [0.3, 0.4) is 0 Å². The van der Waals surface area contributed by atoms with Gasteiger partial charge in [-0.15, -0.1) is 0 Å². The summed E-state index contributed by atoms with van der Waals surface area (Å²) in [6.07, 6.45) is 1.27. The van der Waals surface area contributed by atoms with E-state index in [-0.39, 0.29) is 37.4 Å². The Bertz CT molecular complexity index is 1020. The van der Waals surface area contributed by atoms with Gasteiger partial charge in [0.2, 0.25) is 0 Å². The standard InChI is InChI=1S/C25H28N2O6/c1-17-25(30)26(21-5-3-4-6-22(21)33-17)14-13-24(29)32-16-23(28)27(19-9-10-19)15-18-7-11-20(31-2)12-8-18/h3-8,11-12,17,19H,9-10,13-16H2,1-2H3. The van der Waals surface area contributed by atoms with E-state index in [4.69, 9.17) is 14.2 Å². The molecule has 174 valence electrons. The summed E-state index contributed by atoms with van der Waals surface area (Å²) in [5, 5.41) is 0. The molecule has 1 heterocycles. The second-order valence-corrected chi connectivity index (χ2v) is 8.23. The Hall–Kier alpha value is -3.55. The van der Waals surface area contributed by atoms with E-state index in [0.29, 0.717) is 18.0 Å². The van der Waals surface area contributed by atoms with Crippen LogP contribution in [0.15, 0.2) is 48.5 Å². The van der Waals surface area contributed by atoms with E-state index in [9.17, 15) is 14.4 Å². The molecular formula is C25H28N2O6. The lowest BCUT2D eigenvalue weighted by Crippen LogP contribution is -2.45. The molecule has 1 aliphatic carbocycles. The van der Waals surface area contributed by atoms with Crippen molar-refractivity contribution in [2.24, 2.45) is 0 Å². The summed E-state index contributed by atoms with van der Waals surface area (Å²) < 4.78 is 16.0. The number of methoxy groups -OCH3 is 1. The molecule has 2 aliphatic rings. The number of hydrogen-bond donors (Lipinski definition) is 0. The van der Waals surface area contributed by atoms with Crippen LogP contribution in [0.2, 0.25) is 0 Å². The van der Waals surface area contributed by atoms with Gasteiger partial charge in [0.05, 0.1) is 19.2 Å². The van der Waals surface area contributed by atoms with Crippen molar-refractivity contribution < 1.29 is 28.6 Å². The van der Waals surface area contributed by atoms with Crippen LogP contribution < -0.4 is 14.4 Å². The lowest BCUT2D eigenvalue weighted by molar-refractivity contribution is -0.152. The normalized spacial score (nSPS) is 17.1. The van der Waals surface area contributed by atoms with Gasteiger partial charge >= 0.3 is 5.97 Å². The number of hydrogen-bond acceptors (Lipinski definition) is 6. The second-order valence-electron chi connectivity index (χ2n) is 8.23. The Balaban J connectivity index is 1.29. The number of rotatable bonds is 9. The quantitative estimate of drug-likeness (QED) is 0.544. The Labute approximate surface area is 193 Å². The zero-order valence-corrected chi connectivity index (χ0v) is 18.9. The molecule has 0 radical (unpaired) electrons. The number of nitrogens with zero attached hydrogens (tertiary/aromatic N) is 2. The number of carbonyl (C=O) groups excluding carboxylic acids is 3. The van der Waals surface area contributed by atoms with Gasteiger partial charge in [-0.1, -0.05) is 24.3 Å². The summed E-state index contributed by atoms with van der Waals surface area (Å²) >= 11 is 0. The van der Waals surface area contributed by atoms with E-state index in [1.54, 1.807) is 31.1 Å². The number of benzene rings is 2. The van der Waals surface area contributed by atoms with E-state index in [2.05, 4.69) is 0 Å². The predicted octanol–water partition coefficient (Wildman–Crippen LogP) is 2.93. The molecule has 0 saturated heterocycles. The van der Waals surface area contributed by atoms with Gasteiger partial charge in [-0.05, 0) is 49.6 Å². The van der Waals surface area contributed by atoms with E-state index >= 15 is 0 Å². The van der Waals surface area contributed by atoms with Crippen molar-refractivity contribution in [1.82, 2.24) is 4.90 Å². The molecule has 1 unspecified atom stereocenters. The van der Waals surface area contributed by atoms with E-state index in [1.807, 2.05) is 36.4 Å². The van der Waals surface area contributed by atoms with Gasteiger partial charge in [-0.2, -0.15) is 0 Å². The molecule has 8 heteroatoms. The Morgan fingerprint density at radius 1 is 1.12 bits per heavy atom. The third-order valence-electron chi connectivity index (χ3n) is 5.79. The number of ether oxygens (including phenoxy) is 3. The molecule has 33 heavy (non-hydrogen) atoms. The monoisotopic (exact) mass is 452 g/mol. The first-order valence-electron chi connectivity index (χ1n) is 11.1. The minimum atomic E-state index is -0.623. The van der Waals surface area contributed by atoms with Crippen LogP contribution in [0.1, 0.15) is 31.7 Å². The number of anilines is 1. The van der Waals surface area contributed by atoms with Crippen molar-refractivity contribution in [2.75, 3.05) is 25.2 Å². The maximum Gasteiger partial charge on any atom is 0.308 e. The van der Waals surface area contributed by atoms with Crippen LogP contribution in [0, 0.1) is 0 Å². The average Bonchev–Trinajstić information content (AvgIpc) is 3.67. The van der Waals surface area contributed by atoms with Gasteiger partial charge in [-0.25, -0.2) is 0 Å². The summed E-state index contributed by atoms with van der Waals surface area (Å²) in [4.78, 5) is 40.9. The SMILES string of the molecule is COc1ccc(CN(C(=O)COC(=O)CCN2C(=O)C(C)Oc3ccccc32)C2CC2)cc1. The lowest BCUT2D eigenvalue weighted by Gasteiger charge is -2.32. The van der Waals surface area contributed by atoms with Gasteiger partial charge in [-0.3, -0.25) is 14.4 Å². The molecule has 0 bridgehead atoms. The molecule has 0 spiro atoms. The number of amides is 2. The summed E-state index contributed by atoms with van der Waals surface area (Å²) in [5.74, 6) is 0.410. The highest BCUT2D eigenvalue weighted by atomic mass is 16.5. The summed E-state index contributed by atoms with van der Waals surface area (Å²) in [7, 11) is 1.61. The first-order valence-corrected chi connectivity index (χ1v) is 11.1. The largest absolute Gasteiger partial charge is 0.497 e. The highest BCUT2D eigenvalue weighted by Gasteiger charge is 2.34. The molecule has 0 N–H and O–H groups in total. The third kappa shape index (κ3) is 5.45. The zero-order chi connectivity index (χ0) is 23.4. The van der Waals surface area contributed by atoms with E-state index in [1.165, 1.54) is 4.90 Å². The van der Waals surface area contributed by atoms with Crippen LogP contribution in [-0.4, -0.2) is 55.1 Å². The van der Waals surface area contributed by atoms with Crippen molar-refractivity contribution in [3.8, 4) is 11.5 Å². The lowest BCUT2D eigenvalue weighted by atomic mass is 10.2. The minimum absolute atomic E-state index is 0.0119. The highest BCUT2D eigenvalue weighted by molar-refractivity contribution is 6.00. The van der Waals surface area contributed by atoms with Crippen molar-refractivity contribution in [2.45, 2.75) is 44.9 Å². The zero-order valence-electron chi connectivity index (χ0n) is 18.9. The Morgan fingerprint density at radius 3 is 2.55 bits per heavy atom. The highest BCUT2D eigenvalue weighted by Crippen LogP contribution is 2.33. The molecule has 4 rings (SSSR count). The molecule has 8 nitrogen and oxygen atoms in total. The maximum atomic E-state index is 12.8. The second kappa shape index (κ2) is 9.94. The smallest absolute Gasteiger partial charge is 0.308 e. The molecule has 1 fully saturated rings. The maximum absolute atomic E-state index is 12.8. The predicted molar refractivity (Wildman–Crippen MR) is 121 cm³/mol. The number of esters is 1. The minimum Gasteiger partial charge on any atom is -0.497 e. The number of fused-ring (bicyclic) bond motifs is 1. The fraction of sp³-hybridized carbons (Fsp3) is 0.400. The number of carbonyl (C=O) groups is 3. The number of para-hydroxylation sites is 2. The molecule has 2 aromatic carbocycles. The van der Waals surface area contributed by atoms with Crippen molar-refractivity contribution in [1.29, 1.82) is 0 Å². The molecule has 1 aliphatic heterocycles. The molecule has 2 aromatic rings. The van der Waals surface area contributed by atoms with Gasteiger partial charge in [0.1, 0.15) is 11.5 Å².